The molecule has 0 N–H and O–H groups in total. The monoisotopic (exact) mass is 408 g/mol. The summed E-state index contributed by atoms with van der Waals surface area (Å²) in [5.74, 6) is -0.718. The number of likely N-dealkylation sites (tertiary alicyclic amines) is 1. The molecule has 28 heavy (non-hydrogen) atoms. The number of rotatable bonds is 5. The van der Waals surface area contributed by atoms with Crippen molar-refractivity contribution in [2.24, 2.45) is 0 Å². The fraction of sp³-hybridized carbons (Fsp3) is 0.600. The average molecular weight is 409 g/mol. The van der Waals surface area contributed by atoms with Crippen molar-refractivity contribution in [1.29, 1.82) is 0 Å². The first-order chi connectivity index (χ1) is 13.2. The zero-order chi connectivity index (χ0) is 20.5. The van der Waals surface area contributed by atoms with E-state index in [2.05, 4.69) is 6.92 Å². The van der Waals surface area contributed by atoms with Crippen LogP contribution in [0.1, 0.15) is 55.5 Å². The van der Waals surface area contributed by atoms with Crippen molar-refractivity contribution in [3.8, 4) is 0 Å². The van der Waals surface area contributed by atoms with Gasteiger partial charge in [0.15, 0.2) is 6.61 Å². The molecule has 2 heterocycles. The first kappa shape index (κ1) is 20.6. The Balaban J connectivity index is 1.66. The van der Waals surface area contributed by atoms with E-state index >= 15 is 0 Å². The number of amides is 1. The molecule has 2 aliphatic heterocycles. The van der Waals surface area contributed by atoms with Gasteiger partial charge in [0.05, 0.1) is 17.5 Å². The van der Waals surface area contributed by atoms with Crippen LogP contribution in [-0.2, 0) is 26.0 Å². The molecule has 3 rings (SSSR count). The van der Waals surface area contributed by atoms with E-state index in [1.165, 1.54) is 10.6 Å². The summed E-state index contributed by atoms with van der Waals surface area (Å²) in [7, 11) is -3.37. The van der Waals surface area contributed by atoms with E-state index < -0.39 is 16.0 Å². The molecule has 1 amide bonds. The van der Waals surface area contributed by atoms with Crippen LogP contribution in [0.5, 0.6) is 0 Å². The van der Waals surface area contributed by atoms with Crippen LogP contribution in [0.4, 0.5) is 5.69 Å². The lowest BCUT2D eigenvalue weighted by Crippen LogP contribution is -2.45. The van der Waals surface area contributed by atoms with Gasteiger partial charge in [0, 0.05) is 18.6 Å². The normalized spacial score (nSPS) is 22.1. The van der Waals surface area contributed by atoms with Gasteiger partial charge in [-0.1, -0.05) is 6.92 Å². The molecular weight excluding hydrogens is 380 g/mol. The number of hydrogen-bond acceptors (Lipinski definition) is 5. The Kier molecular flexibility index (Phi) is 5.98. The van der Waals surface area contributed by atoms with Crippen molar-refractivity contribution in [2.45, 2.75) is 58.0 Å². The average Bonchev–Trinajstić information content (AvgIpc) is 3.00. The number of carbonyl (C=O) groups excluding carboxylic acids is 2. The lowest BCUT2D eigenvalue weighted by molar-refractivity contribution is -0.138. The number of fused-ring (bicyclic) bond motifs is 1. The van der Waals surface area contributed by atoms with Gasteiger partial charge in [0.25, 0.3) is 5.91 Å². The van der Waals surface area contributed by atoms with E-state index in [0.29, 0.717) is 24.2 Å². The maximum Gasteiger partial charge on any atom is 0.338 e. The maximum absolute atomic E-state index is 12.5. The SMILES string of the molecule is CC[C@@H]1CCCCN1C(=O)COC(=O)c1ccc2c(c1)C[C@H](C)N2S(C)(=O)=O. The second-order valence-electron chi connectivity index (χ2n) is 7.68. The molecule has 1 aromatic carbocycles. The van der Waals surface area contributed by atoms with Gasteiger partial charge in [-0.05, 0) is 62.8 Å². The Labute approximate surface area is 166 Å². The fourth-order valence-electron chi connectivity index (χ4n) is 4.28. The van der Waals surface area contributed by atoms with Crippen molar-refractivity contribution >= 4 is 27.6 Å². The van der Waals surface area contributed by atoms with Gasteiger partial charge in [-0.15, -0.1) is 0 Å². The summed E-state index contributed by atoms with van der Waals surface area (Å²) in [6, 6.07) is 4.89. The maximum atomic E-state index is 12.5. The minimum Gasteiger partial charge on any atom is -0.452 e. The van der Waals surface area contributed by atoms with Crippen molar-refractivity contribution in [1.82, 2.24) is 4.90 Å². The van der Waals surface area contributed by atoms with Crippen LogP contribution in [0, 0.1) is 0 Å². The molecule has 8 heteroatoms. The largest absolute Gasteiger partial charge is 0.452 e. The highest BCUT2D eigenvalue weighted by atomic mass is 32.2. The summed E-state index contributed by atoms with van der Waals surface area (Å²) in [4.78, 5) is 26.7. The van der Waals surface area contributed by atoms with Crippen molar-refractivity contribution in [3.05, 3.63) is 29.3 Å². The van der Waals surface area contributed by atoms with Gasteiger partial charge in [0.2, 0.25) is 10.0 Å². The Morgan fingerprint density at radius 1 is 1.25 bits per heavy atom. The summed E-state index contributed by atoms with van der Waals surface area (Å²) >= 11 is 0. The summed E-state index contributed by atoms with van der Waals surface area (Å²) in [5.41, 5.74) is 1.72. The summed E-state index contributed by atoms with van der Waals surface area (Å²) in [5, 5.41) is 0. The number of nitrogens with zero attached hydrogens (tertiary/aromatic N) is 2. The predicted molar refractivity (Wildman–Crippen MR) is 107 cm³/mol. The van der Waals surface area contributed by atoms with E-state index in [9.17, 15) is 18.0 Å². The number of ether oxygens (including phenoxy) is 1. The Hall–Kier alpha value is -2.09. The van der Waals surface area contributed by atoms with Gasteiger partial charge in [-0.25, -0.2) is 13.2 Å². The highest BCUT2D eigenvalue weighted by Crippen LogP contribution is 2.34. The van der Waals surface area contributed by atoms with Gasteiger partial charge < -0.3 is 9.64 Å². The minimum atomic E-state index is -3.37. The molecular formula is C20H28N2O5S. The Morgan fingerprint density at radius 3 is 2.68 bits per heavy atom. The molecule has 0 unspecified atom stereocenters. The van der Waals surface area contributed by atoms with Crippen molar-refractivity contribution < 1.29 is 22.7 Å². The zero-order valence-electron chi connectivity index (χ0n) is 16.7. The van der Waals surface area contributed by atoms with Gasteiger partial charge in [0.1, 0.15) is 0 Å². The lowest BCUT2D eigenvalue weighted by Gasteiger charge is -2.35. The van der Waals surface area contributed by atoms with Crippen molar-refractivity contribution in [2.75, 3.05) is 23.7 Å². The molecule has 0 aliphatic carbocycles. The number of carbonyl (C=O) groups is 2. The molecule has 0 radical (unpaired) electrons. The quantitative estimate of drug-likeness (QED) is 0.699. The van der Waals surface area contributed by atoms with E-state index in [0.717, 1.165) is 31.2 Å². The number of hydrogen-bond donors (Lipinski definition) is 0. The molecule has 2 atom stereocenters. The molecule has 1 aromatic rings. The molecule has 2 aliphatic rings. The van der Waals surface area contributed by atoms with Crippen LogP contribution in [0.3, 0.4) is 0 Å². The second kappa shape index (κ2) is 8.11. The van der Waals surface area contributed by atoms with E-state index in [-0.39, 0.29) is 24.6 Å². The first-order valence-corrected chi connectivity index (χ1v) is 11.7. The van der Waals surface area contributed by atoms with Crippen LogP contribution in [0.2, 0.25) is 0 Å². The lowest BCUT2D eigenvalue weighted by atomic mass is 10.00. The van der Waals surface area contributed by atoms with Crippen molar-refractivity contribution in [3.63, 3.8) is 0 Å². The van der Waals surface area contributed by atoms with E-state index in [1.807, 2.05) is 11.8 Å². The minimum absolute atomic E-state index is 0.155. The summed E-state index contributed by atoms with van der Waals surface area (Å²) in [6.45, 7) is 4.35. The van der Waals surface area contributed by atoms with Gasteiger partial charge in [-0.2, -0.15) is 0 Å². The third-order valence-corrected chi connectivity index (χ3v) is 6.84. The topological polar surface area (TPSA) is 84.0 Å². The number of benzene rings is 1. The number of sulfonamides is 1. The fourth-order valence-corrected chi connectivity index (χ4v) is 5.55. The summed E-state index contributed by atoms with van der Waals surface area (Å²) < 4.78 is 30.6. The van der Waals surface area contributed by atoms with E-state index in [1.54, 1.807) is 18.2 Å². The predicted octanol–water partition coefficient (Wildman–Crippen LogP) is 2.35. The molecule has 1 saturated heterocycles. The molecule has 7 nitrogen and oxygen atoms in total. The highest BCUT2D eigenvalue weighted by molar-refractivity contribution is 7.92. The third-order valence-electron chi connectivity index (χ3n) is 5.57. The molecule has 154 valence electrons. The van der Waals surface area contributed by atoms with E-state index in [4.69, 9.17) is 4.74 Å². The number of esters is 1. The van der Waals surface area contributed by atoms with Gasteiger partial charge >= 0.3 is 5.97 Å². The molecule has 0 bridgehead atoms. The van der Waals surface area contributed by atoms with Crippen LogP contribution in [0.15, 0.2) is 18.2 Å². The Bertz CT molecular complexity index is 867. The van der Waals surface area contributed by atoms with Gasteiger partial charge in [-0.3, -0.25) is 9.10 Å². The number of piperidine rings is 1. The third kappa shape index (κ3) is 4.16. The van der Waals surface area contributed by atoms with Crippen LogP contribution >= 0.6 is 0 Å². The summed E-state index contributed by atoms with van der Waals surface area (Å²) in [6.07, 6.45) is 5.72. The number of anilines is 1. The molecule has 0 spiro atoms. The first-order valence-electron chi connectivity index (χ1n) is 9.81. The standard InChI is InChI=1S/C20H28N2O5S/c1-4-17-7-5-6-10-21(17)19(23)13-27-20(24)15-8-9-18-16(12-15)11-14(2)22(18)28(3,25)26/h8-9,12,14,17H,4-7,10-11,13H2,1-3H3/t14-,17+/m0/s1. The molecule has 1 fully saturated rings. The Morgan fingerprint density at radius 2 is 2.00 bits per heavy atom. The van der Waals surface area contributed by atoms with Crippen LogP contribution in [-0.4, -0.2) is 56.7 Å². The second-order valence-corrected chi connectivity index (χ2v) is 9.54. The highest BCUT2D eigenvalue weighted by Gasteiger charge is 2.33. The zero-order valence-corrected chi connectivity index (χ0v) is 17.5. The van der Waals surface area contributed by atoms with Crippen LogP contribution < -0.4 is 4.31 Å². The van der Waals surface area contributed by atoms with Crippen LogP contribution in [0.25, 0.3) is 0 Å². The molecule has 0 saturated carbocycles. The molecule has 0 aromatic heterocycles. The smallest absolute Gasteiger partial charge is 0.338 e.